The predicted octanol–water partition coefficient (Wildman–Crippen LogP) is 3.88. The summed E-state index contributed by atoms with van der Waals surface area (Å²) in [6.45, 7) is 3.37. The van der Waals surface area contributed by atoms with Gasteiger partial charge in [-0.25, -0.2) is 0 Å². The van der Waals surface area contributed by atoms with E-state index in [0.29, 0.717) is 0 Å². The van der Waals surface area contributed by atoms with Gasteiger partial charge < -0.3 is 15.0 Å². The first-order chi connectivity index (χ1) is 10.2. The van der Waals surface area contributed by atoms with E-state index in [-0.39, 0.29) is 0 Å². The molecule has 0 saturated carbocycles. The molecule has 1 aromatic heterocycles. The minimum Gasteiger partial charge on any atom is -0.383 e. The van der Waals surface area contributed by atoms with Gasteiger partial charge in [0, 0.05) is 42.3 Å². The summed E-state index contributed by atoms with van der Waals surface area (Å²) in [7, 11) is 3.86. The summed E-state index contributed by atoms with van der Waals surface area (Å²) in [5.74, 6) is 0. The molecule has 1 aromatic carbocycles. The molecule has 0 aliphatic heterocycles. The molecule has 0 amide bonds. The van der Waals surface area contributed by atoms with Crippen molar-refractivity contribution in [2.75, 3.05) is 32.2 Å². The number of hydrogen-bond acceptors (Lipinski definition) is 4. The fraction of sp³-hybridized carbons (Fsp3) is 0.375. The van der Waals surface area contributed by atoms with Crippen molar-refractivity contribution in [3.63, 3.8) is 0 Å². The Bertz CT molecular complexity index is 545. The maximum atomic E-state index is 5.07. The highest BCUT2D eigenvalue weighted by Crippen LogP contribution is 2.26. The fourth-order valence-corrected chi connectivity index (χ4v) is 3.27. The lowest BCUT2D eigenvalue weighted by Crippen LogP contribution is -2.22. The molecule has 1 heterocycles. The van der Waals surface area contributed by atoms with E-state index in [9.17, 15) is 0 Å². The Morgan fingerprint density at radius 1 is 1.33 bits per heavy atom. The summed E-state index contributed by atoms with van der Waals surface area (Å²) < 4.78 is 6.18. The van der Waals surface area contributed by atoms with Gasteiger partial charge in [0.05, 0.1) is 13.2 Å². The SMILES string of the molecule is COCCNCc1ccc(Br)cc1N(C)Cc1cccs1. The number of nitrogens with one attached hydrogen (secondary N) is 1. The van der Waals surface area contributed by atoms with E-state index in [2.05, 4.69) is 68.9 Å². The smallest absolute Gasteiger partial charge is 0.0587 e. The summed E-state index contributed by atoms with van der Waals surface area (Å²) in [4.78, 5) is 3.67. The zero-order valence-corrected chi connectivity index (χ0v) is 14.8. The molecule has 2 aromatic rings. The number of methoxy groups -OCH3 is 1. The molecule has 0 aliphatic carbocycles. The molecular formula is C16H21BrN2OS. The van der Waals surface area contributed by atoms with E-state index in [1.54, 1.807) is 18.4 Å². The van der Waals surface area contributed by atoms with E-state index in [0.717, 1.165) is 30.7 Å². The molecule has 0 unspecified atom stereocenters. The first-order valence-electron chi connectivity index (χ1n) is 6.92. The van der Waals surface area contributed by atoms with Crippen LogP contribution in [0.2, 0.25) is 0 Å². The molecule has 0 aliphatic rings. The lowest BCUT2D eigenvalue weighted by atomic mass is 10.1. The Kier molecular flexibility index (Phi) is 6.70. The van der Waals surface area contributed by atoms with Gasteiger partial charge >= 0.3 is 0 Å². The second kappa shape index (κ2) is 8.54. The molecule has 3 nitrogen and oxygen atoms in total. The Morgan fingerprint density at radius 2 is 2.19 bits per heavy atom. The highest BCUT2D eigenvalue weighted by molar-refractivity contribution is 9.10. The highest BCUT2D eigenvalue weighted by atomic mass is 79.9. The Balaban J connectivity index is 2.06. The summed E-state index contributed by atoms with van der Waals surface area (Å²) >= 11 is 5.37. The molecule has 114 valence electrons. The second-order valence-corrected chi connectivity index (χ2v) is 6.83. The summed E-state index contributed by atoms with van der Waals surface area (Å²) in [5.41, 5.74) is 2.55. The predicted molar refractivity (Wildman–Crippen MR) is 94.2 cm³/mol. The number of hydrogen-bond donors (Lipinski definition) is 1. The van der Waals surface area contributed by atoms with Crippen LogP contribution < -0.4 is 10.2 Å². The number of benzene rings is 1. The number of thiophene rings is 1. The van der Waals surface area contributed by atoms with Crippen LogP contribution in [0.4, 0.5) is 5.69 Å². The average Bonchev–Trinajstić information content (AvgIpc) is 2.97. The first kappa shape index (κ1) is 16.5. The quantitative estimate of drug-likeness (QED) is 0.715. The summed E-state index contributed by atoms with van der Waals surface area (Å²) in [6.07, 6.45) is 0. The van der Waals surface area contributed by atoms with Crippen LogP contribution in [0.1, 0.15) is 10.4 Å². The normalized spacial score (nSPS) is 10.8. The van der Waals surface area contributed by atoms with Crippen molar-refractivity contribution < 1.29 is 4.74 Å². The summed E-state index contributed by atoms with van der Waals surface area (Å²) in [6, 6.07) is 10.7. The third-order valence-electron chi connectivity index (χ3n) is 3.23. The van der Waals surface area contributed by atoms with Crippen molar-refractivity contribution in [1.29, 1.82) is 0 Å². The zero-order valence-electron chi connectivity index (χ0n) is 12.4. The van der Waals surface area contributed by atoms with Crippen LogP contribution in [0.5, 0.6) is 0 Å². The van der Waals surface area contributed by atoms with Gasteiger partial charge in [-0.15, -0.1) is 11.3 Å². The van der Waals surface area contributed by atoms with Crippen LogP contribution in [0.3, 0.4) is 0 Å². The number of ether oxygens (including phenoxy) is 1. The van der Waals surface area contributed by atoms with Crippen molar-refractivity contribution in [2.24, 2.45) is 0 Å². The number of halogens is 1. The van der Waals surface area contributed by atoms with Crippen molar-refractivity contribution in [3.05, 3.63) is 50.6 Å². The highest BCUT2D eigenvalue weighted by Gasteiger charge is 2.09. The summed E-state index contributed by atoms with van der Waals surface area (Å²) in [5, 5.41) is 5.53. The van der Waals surface area contributed by atoms with E-state index < -0.39 is 0 Å². The van der Waals surface area contributed by atoms with E-state index in [1.165, 1.54) is 16.1 Å². The first-order valence-corrected chi connectivity index (χ1v) is 8.59. The van der Waals surface area contributed by atoms with Crippen LogP contribution in [0.15, 0.2) is 40.2 Å². The van der Waals surface area contributed by atoms with Gasteiger partial charge in [0.2, 0.25) is 0 Å². The molecule has 0 saturated heterocycles. The zero-order chi connectivity index (χ0) is 15.1. The van der Waals surface area contributed by atoms with Crippen molar-refractivity contribution >= 4 is 33.0 Å². The van der Waals surface area contributed by atoms with Crippen LogP contribution in [-0.2, 0) is 17.8 Å². The van der Waals surface area contributed by atoms with Crippen LogP contribution in [-0.4, -0.2) is 27.3 Å². The van der Waals surface area contributed by atoms with Gasteiger partial charge in [0.1, 0.15) is 0 Å². The molecule has 0 spiro atoms. The molecule has 0 fully saturated rings. The Morgan fingerprint density at radius 3 is 2.90 bits per heavy atom. The minimum absolute atomic E-state index is 0.733. The van der Waals surface area contributed by atoms with Gasteiger partial charge in [-0.3, -0.25) is 0 Å². The molecule has 0 radical (unpaired) electrons. The number of anilines is 1. The van der Waals surface area contributed by atoms with E-state index >= 15 is 0 Å². The largest absolute Gasteiger partial charge is 0.383 e. The van der Waals surface area contributed by atoms with Gasteiger partial charge in [-0.1, -0.05) is 28.1 Å². The van der Waals surface area contributed by atoms with E-state index in [1.807, 2.05) is 0 Å². The Labute approximate surface area is 139 Å². The molecule has 2 rings (SSSR count). The maximum absolute atomic E-state index is 5.07. The topological polar surface area (TPSA) is 24.5 Å². The lowest BCUT2D eigenvalue weighted by Gasteiger charge is -2.22. The van der Waals surface area contributed by atoms with Gasteiger partial charge in [-0.05, 0) is 29.1 Å². The monoisotopic (exact) mass is 368 g/mol. The molecule has 1 N–H and O–H groups in total. The third kappa shape index (κ3) is 5.11. The maximum Gasteiger partial charge on any atom is 0.0587 e. The second-order valence-electron chi connectivity index (χ2n) is 4.88. The molecule has 0 atom stereocenters. The Hall–Kier alpha value is -0.880. The van der Waals surface area contributed by atoms with Gasteiger partial charge in [-0.2, -0.15) is 0 Å². The van der Waals surface area contributed by atoms with Gasteiger partial charge in [0.25, 0.3) is 0 Å². The fourth-order valence-electron chi connectivity index (χ4n) is 2.16. The van der Waals surface area contributed by atoms with Crippen molar-refractivity contribution in [2.45, 2.75) is 13.1 Å². The standard InChI is InChI=1S/C16H21BrN2OS/c1-19(12-15-4-3-9-21-15)16-10-14(17)6-5-13(16)11-18-7-8-20-2/h3-6,9-10,18H,7-8,11-12H2,1-2H3. The van der Waals surface area contributed by atoms with Crippen LogP contribution in [0, 0.1) is 0 Å². The van der Waals surface area contributed by atoms with E-state index in [4.69, 9.17) is 4.74 Å². The van der Waals surface area contributed by atoms with Gasteiger partial charge in [0.15, 0.2) is 0 Å². The molecule has 5 heteroatoms. The van der Waals surface area contributed by atoms with Crippen LogP contribution >= 0.6 is 27.3 Å². The third-order valence-corrected chi connectivity index (χ3v) is 4.58. The minimum atomic E-state index is 0.733. The average molecular weight is 369 g/mol. The number of rotatable bonds is 8. The molecular weight excluding hydrogens is 348 g/mol. The van der Waals surface area contributed by atoms with Crippen molar-refractivity contribution in [1.82, 2.24) is 5.32 Å². The molecule has 0 bridgehead atoms. The van der Waals surface area contributed by atoms with Crippen molar-refractivity contribution in [3.8, 4) is 0 Å². The van der Waals surface area contributed by atoms with Crippen LogP contribution in [0.25, 0.3) is 0 Å². The number of nitrogens with zero attached hydrogens (tertiary/aromatic N) is 1. The lowest BCUT2D eigenvalue weighted by molar-refractivity contribution is 0.199. The molecule has 21 heavy (non-hydrogen) atoms.